The lowest BCUT2D eigenvalue weighted by Crippen LogP contribution is -2.07. The fourth-order valence-corrected chi connectivity index (χ4v) is 3.08. The number of halogens is 4. The summed E-state index contributed by atoms with van der Waals surface area (Å²) in [6.45, 7) is 0. The van der Waals surface area contributed by atoms with E-state index in [0.29, 0.717) is 10.7 Å². The molecule has 22 heavy (non-hydrogen) atoms. The number of pyridine rings is 1. The zero-order valence-corrected chi connectivity index (χ0v) is 13.3. The highest BCUT2D eigenvalue weighted by Crippen LogP contribution is 2.38. The molecule has 0 radical (unpaired) electrons. The third-order valence-electron chi connectivity index (χ3n) is 3.00. The van der Waals surface area contributed by atoms with E-state index in [9.17, 15) is 13.2 Å². The van der Waals surface area contributed by atoms with Gasteiger partial charge >= 0.3 is 6.18 Å². The fraction of sp³-hybridized carbons (Fsp3) is 0.0667. The normalized spacial score (nSPS) is 11.6. The lowest BCUT2D eigenvalue weighted by Gasteiger charge is -2.09. The first-order valence-electron chi connectivity index (χ1n) is 6.18. The van der Waals surface area contributed by atoms with Crippen molar-refractivity contribution >= 4 is 27.3 Å². The quantitative estimate of drug-likeness (QED) is 0.570. The maximum atomic E-state index is 13.1. The van der Waals surface area contributed by atoms with Gasteiger partial charge in [0.1, 0.15) is 5.01 Å². The van der Waals surface area contributed by atoms with Crippen molar-refractivity contribution in [2.45, 2.75) is 6.18 Å². The standard InChI is InChI=1S/C15H8BrF3N2S/c16-10-3-1-9(2-4-10)13-8-22-14(21-13)11-7-20-6-5-12(11)15(17,18)19/h1-8H. The molecule has 7 heteroatoms. The molecule has 2 heterocycles. The number of nitrogens with zero attached hydrogens (tertiary/aromatic N) is 2. The molecule has 0 spiro atoms. The molecular weight excluding hydrogens is 377 g/mol. The Morgan fingerprint density at radius 3 is 2.45 bits per heavy atom. The monoisotopic (exact) mass is 384 g/mol. The third-order valence-corrected chi connectivity index (χ3v) is 4.41. The van der Waals surface area contributed by atoms with E-state index in [1.807, 2.05) is 24.3 Å². The zero-order chi connectivity index (χ0) is 15.7. The highest BCUT2D eigenvalue weighted by Gasteiger charge is 2.34. The molecule has 0 atom stereocenters. The Morgan fingerprint density at radius 1 is 1.05 bits per heavy atom. The molecule has 0 aliphatic carbocycles. The van der Waals surface area contributed by atoms with Gasteiger partial charge in [-0.3, -0.25) is 4.98 Å². The van der Waals surface area contributed by atoms with Crippen molar-refractivity contribution in [3.05, 3.63) is 58.1 Å². The van der Waals surface area contributed by atoms with Crippen LogP contribution in [0.1, 0.15) is 5.56 Å². The van der Waals surface area contributed by atoms with Gasteiger partial charge in [-0.1, -0.05) is 28.1 Å². The molecular formula is C15H8BrF3N2S. The van der Waals surface area contributed by atoms with Crippen LogP contribution < -0.4 is 0 Å². The van der Waals surface area contributed by atoms with Crippen LogP contribution in [-0.2, 0) is 6.18 Å². The third kappa shape index (κ3) is 3.05. The van der Waals surface area contributed by atoms with Crippen LogP contribution in [0.4, 0.5) is 13.2 Å². The lowest BCUT2D eigenvalue weighted by molar-refractivity contribution is -0.137. The summed E-state index contributed by atoms with van der Waals surface area (Å²) in [6.07, 6.45) is -2.09. The van der Waals surface area contributed by atoms with E-state index >= 15 is 0 Å². The van der Waals surface area contributed by atoms with Gasteiger partial charge in [0, 0.05) is 33.4 Å². The second kappa shape index (κ2) is 5.81. The largest absolute Gasteiger partial charge is 0.417 e. The number of hydrogen-bond acceptors (Lipinski definition) is 3. The van der Waals surface area contributed by atoms with Gasteiger partial charge in [0.25, 0.3) is 0 Å². The van der Waals surface area contributed by atoms with E-state index in [1.165, 1.54) is 17.5 Å². The van der Waals surface area contributed by atoms with Crippen molar-refractivity contribution in [3.63, 3.8) is 0 Å². The van der Waals surface area contributed by atoms with Crippen LogP contribution in [-0.4, -0.2) is 9.97 Å². The minimum atomic E-state index is -4.43. The average molecular weight is 385 g/mol. The maximum absolute atomic E-state index is 13.1. The van der Waals surface area contributed by atoms with Crippen molar-refractivity contribution < 1.29 is 13.2 Å². The van der Waals surface area contributed by atoms with Crippen LogP contribution in [0, 0.1) is 0 Å². The first-order chi connectivity index (χ1) is 10.4. The average Bonchev–Trinajstić information content (AvgIpc) is 2.97. The predicted molar refractivity (Wildman–Crippen MR) is 83.5 cm³/mol. The first kappa shape index (κ1) is 15.2. The number of rotatable bonds is 2. The van der Waals surface area contributed by atoms with Gasteiger partial charge in [-0.25, -0.2) is 4.98 Å². The summed E-state index contributed by atoms with van der Waals surface area (Å²) < 4.78 is 40.1. The SMILES string of the molecule is FC(F)(F)c1ccncc1-c1nc(-c2ccc(Br)cc2)cs1. The van der Waals surface area contributed by atoms with Crippen LogP contribution in [0.3, 0.4) is 0 Å². The van der Waals surface area contributed by atoms with E-state index < -0.39 is 11.7 Å². The minimum Gasteiger partial charge on any atom is -0.264 e. The molecule has 0 aliphatic heterocycles. The summed E-state index contributed by atoms with van der Waals surface area (Å²) >= 11 is 4.51. The van der Waals surface area contributed by atoms with Gasteiger partial charge in [0.05, 0.1) is 11.3 Å². The van der Waals surface area contributed by atoms with Gasteiger partial charge in [0.15, 0.2) is 0 Å². The molecule has 1 aromatic carbocycles. The molecule has 0 saturated carbocycles. The number of alkyl halides is 3. The molecule has 3 aromatic rings. The molecule has 0 N–H and O–H groups in total. The Hall–Kier alpha value is -1.73. The summed E-state index contributed by atoms with van der Waals surface area (Å²) in [4.78, 5) is 8.11. The van der Waals surface area contributed by atoms with Gasteiger partial charge in [-0.2, -0.15) is 13.2 Å². The smallest absolute Gasteiger partial charge is 0.264 e. The van der Waals surface area contributed by atoms with Gasteiger partial charge in [-0.05, 0) is 18.2 Å². The van der Waals surface area contributed by atoms with Crippen LogP contribution in [0.25, 0.3) is 21.8 Å². The molecule has 0 aliphatic rings. The second-order valence-electron chi connectivity index (χ2n) is 4.46. The second-order valence-corrected chi connectivity index (χ2v) is 6.24. The van der Waals surface area contributed by atoms with E-state index in [1.54, 1.807) is 5.38 Å². The molecule has 0 bridgehead atoms. The van der Waals surface area contributed by atoms with Crippen molar-refractivity contribution in [2.75, 3.05) is 0 Å². The predicted octanol–water partition coefficient (Wildman–Crippen LogP) is 5.65. The molecule has 2 aromatic heterocycles. The Labute approximate surface area is 136 Å². The van der Waals surface area contributed by atoms with E-state index in [4.69, 9.17) is 0 Å². The maximum Gasteiger partial charge on any atom is 0.417 e. The number of benzene rings is 1. The summed E-state index contributed by atoms with van der Waals surface area (Å²) in [7, 11) is 0. The van der Waals surface area contributed by atoms with E-state index in [0.717, 1.165) is 22.3 Å². The van der Waals surface area contributed by atoms with Crippen molar-refractivity contribution in [1.82, 2.24) is 9.97 Å². The first-order valence-corrected chi connectivity index (χ1v) is 7.85. The zero-order valence-electron chi connectivity index (χ0n) is 10.9. The summed E-state index contributed by atoms with van der Waals surface area (Å²) in [6, 6.07) is 8.41. The van der Waals surface area contributed by atoms with Crippen LogP contribution >= 0.6 is 27.3 Å². The molecule has 0 saturated heterocycles. The Morgan fingerprint density at radius 2 is 1.77 bits per heavy atom. The van der Waals surface area contributed by atoms with E-state index in [2.05, 4.69) is 25.9 Å². The molecule has 0 unspecified atom stereocenters. The minimum absolute atomic E-state index is 0.00311. The van der Waals surface area contributed by atoms with Crippen LogP contribution in [0.2, 0.25) is 0 Å². The van der Waals surface area contributed by atoms with Gasteiger partial charge in [0.2, 0.25) is 0 Å². The van der Waals surface area contributed by atoms with Crippen molar-refractivity contribution in [3.8, 4) is 21.8 Å². The summed E-state index contributed by atoms with van der Waals surface area (Å²) in [5.41, 5.74) is 0.773. The summed E-state index contributed by atoms with van der Waals surface area (Å²) in [5.74, 6) is 0. The van der Waals surface area contributed by atoms with Crippen molar-refractivity contribution in [1.29, 1.82) is 0 Å². The Kier molecular flexibility index (Phi) is 4.01. The highest BCUT2D eigenvalue weighted by atomic mass is 79.9. The molecule has 2 nitrogen and oxygen atoms in total. The number of aromatic nitrogens is 2. The number of hydrogen-bond donors (Lipinski definition) is 0. The van der Waals surface area contributed by atoms with Crippen LogP contribution in [0.5, 0.6) is 0 Å². The Balaban J connectivity index is 2.03. The molecule has 3 rings (SSSR count). The van der Waals surface area contributed by atoms with Gasteiger partial charge < -0.3 is 0 Å². The summed E-state index contributed by atoms with van der Waals surface area (Å²) in [5, 5.41) is 2.05. The van der Waals surface area contributed by atoms with Crippen LogP contribution in [0.15, 0.2) is 52.6 Å². The van der Waals surface area contributed by atoms with Gasteiger partial charge in [-0.15, -0.1) is 11.3 Å². The van der Waals surface area contributed by atoms with E-state index in [-0.39, 0.29) is 5.56 Å². The molecule has 0 fully saturated rings. The number of thiazole rings is 1. The molecule has 112 valence electrons. The molecule has 0 amide bonds. The van der Waals surface area contributed by atoms with Crippen molar-refractivity contribution in [2.24, 2.45) is 0 Å². The fourth-order valence-electron chi connectivity index (χ4n) is 1.96. The Bertz CT molecular complexity index is 797. The lowest BCUT2D eigenvalue weighted by atomic mass is 10.1. The highest BCUT2D eigenvalue weighted by molar-refractivity contribution is 9.10. The topological polar surface area (TPSA) is 25.8 Å².